The summed E-state index contributed by atoms with van der Waals surface area (Å²) in [4.78, 5) is 29.8. The third kappa shape index (κ3) is 6.18. The molecule has 8 nitrogen and oxygen atoms in total. The number of aliphatic hydroxyl groups is 1. The van der Waals surface area contributed by atoms with Crippen LogP contribution in [-0.4, -0.2) is 72.1 Å². The number of aliphatic hydroxyl groups excluding tert-OH is 1. The molecule has 1 amide bonds. The molecule has 0 aromatic heterocycles. The number of rotatable bonds is 11. The van der Waals surface area contributed by atoms with E-state index in [0.717, 1.165) is 6.54 Å². The number of ketones is 1. The zero-order valence-electron chi connectivity index (χ0n) is 21.7. The van der Waals surface area contributed by atoms with Gasteiger partial charge >= 0.3 is 0 Å². The number of carbonyl (C=O) groups excluding carboxylic acids is 2. The Hall–Kier alpha value is -3.52. The Morgan fingerprint density at radius 2 is 1.78 bits per heavy atom. The number of nitrogens with zero attached hydrogens (tertiary/aromatic N) is 2. The smallest absolute Gasteiger partial charge is 0.295 e. The van der Waals surface area contributed by atoms with Crippen molar-refractivity contribution in [1.29, 1.82) is 0 Å². The number of likely N-dealkylation sites (tertiary alicyclic amines) is 1. The third-order valence-corrected chi connectivity index (χ3v) is 5.85. The summed E-state index contributed by atoms with van der Waals surface area (Å²) in [7, 11) is 3.88. The Morgan fingerprint density at radius 3 is 2.39 bits per heavy atom. The number of phenolic OH excluding ortho intramolecular Hbond substituents is 1. The summed E-state index contributed by atoms with van der Waals surface area (Å²) in [5.74, 6) is -0.427. The predicted molar refractivity (Wildman–Crippen MR) is 138 cm³/mol. The first-order valence-electron chi connectivity index (χ1n) is 12.3. The number of amides is 1. The Bertz CT molecular complexity index is 1110. The molecule has 0 radical (unpaired) electrons. The molecule has 0 bridgehead atoms. The topological polar surface area (TPSA) is 99.5 Å². The number of Topliss-reactive ketones (excluding diaryl/α,β-unsaturated/α-hetero) is 1. The summed E-state index contributed by atoms with van der Waals surface area (Å²) in [5, 5.41) is 21.4. The number of ether oxygens (including phenoxy) is 2. The largest absolute Gasteiger partial charge is 0.507 e. The molecule has 3 rings (SSSR count). The van der Waals surface area contributed by atoms with Crippen molar-refractivity contribution in [2.45, 2.75) is 33.2 Å². The second kappa shape index (κ2) is 11.9. The molecule has 194 valence electrons. The molecule has 2 N–H and O–H groups in total. The highest BCUT2D eigenvalue weighted by Crippen LogP contribution is 2.42. The molecule has 0 saturated carbocycles. The number of benzene rings is 2. The highest BCUT2D eigenvalue weighted by atomic mass is 16.5. The van der Waals surface area contributed by atoms with Crippen LogP contribution in [0.2, 0.25) is 0 Å². The molecule has 1 unspecified atom stereocenters. The first-order valence-corrected chi connectivity index (χ1v) is 12.3. The van der Waals surface area contributed by atoms with Crippen LogP contribution in [0.3, 0.4) is 0 Å². The summed E-state index contributed by atoms with van der Waals surface area (Å²) in [6.07, 6.45) is 0.648. The number of hydrogen-bond acceptors (Lipinski definition) is 7. The normalized spacial score (nSPS) is 17.3. The molecule has 1 aliphatic rings. The molecular weight excluding hydrogens is 460 g/mol. The Balaban J connectivity index is 2.05. The molecule has 36 heavy (non-hydrogen) atoms. The van der Waals surface area contributed by atoms with Crippen LogP contribution >= 0.6 is 0 Å². The van der Waals surface area contributed by atoms with E-state index in [2.05, 4.69) is 13.8 Å². The number of phenols is 1. The number of carbonyl (C=O) groups is 2. The van der Waals surface area contributed by atoms with E-state index in [0.29, 0.717) is 49.0 Å². The average molecular weight is 497 g/mol. The lowest BCUT2D eigenvalue weighted by atomic mass is 9.95. The maximum atomic E-state index is 13.2. The van der Waals surface area contributed by atoms with Gasteiger partial charge in [0.2, 0.25) is 0 Å². The van der Waals surface area contributed by atoms with E-state index in [1.54, 1.807) is 43.3 Å². The van der Waals surface area contributed by atoms with Crippen molar-refractivity contribution >= 4 is 17.4 Å². The summed E-state index contributed by atoms with van der Waals surface area (Å²) < 4.78 is 11.2. The van der Waals surface area contributed by atoms with Gasteiger partial charge in [-0.3, -0.25) is 9.59 Å². The van der Waals surface area contributed by atoms with Crippen molar-refractivity contribution in [1.82, 2.24) is 9.80 Å². The molecular formula is C28H36N2O6. The van der Waals surface area contributed by atoms with Gasteiger partial charge in [-0.05, 0) is 81.9 Å². The summed E-state index contributed by atoms with van der Waals surface area (Å²) in [6, 6.07) is 10.7. The lowest BCUT2D eigenvalue weighted by molar-refractivity contribution is -0.139. The summed E-state index contributed by atoms with van der Waals surface area (Å²) in [6.45, 7) is 7.87. The zero-order valence-corrected chi connectivity index (χ0v) is 21.7. The highest BCUT2D eigenvalue weighted by molar-refractivity contribution is 6.46. The van der Waals surface area contributed by atoms with Crippen molar-refractivity contribution in [2.75, 3.05) is 40.4 Å². The predicted octanol–water partition coefficient (Wildman–Crippen LogP) is 4.20. The number of hydrogen-bond donors (Lipinski definition) is 2. The van der Waals surface area contributed by atoms with E-state index in [1.165, 1.54) is 11.0 Å². The summed E-state index contributed by atoms with van der Waals surface area (Å²) >= 11 is 0. The molecule has 8 heteroatoms. The van der Waals surface area contributed by atoms with E-state index >= 15 is 0 Å². The molecule has 1 fully saturated rings. The van der Waals surface area contributed by atoms with Gasteiger partial charge in [-0.1, -0.05) is 19.9 Å². The second-order valence-electron chi connectivity index (χ2n) is 9.54. The van der Waals surface area contributed by atoms with E-state index in [1.807, 2.05) is 19.0 Å². The van der Waals surface area contributed by atoms with Gasteiger partial charge in [-0.2, -0.15) is 0 Å². The van der Waals surface area contributed by atoms with Crippen molar-refractivity contribution in [3.05, 3.63) is 59.2 Å². The molecule has 2 aromatic carbocycles. The Labute approximate surface area is 212 Å². The number of aromatic hydroxyl groups is 1. The first-order chi connectivity index (χ1) is 17.1. The second-order valence-corrected chi connectivity index (χ2v) is 9.54. The van der Waals surface area contributed by atoms with Gasteiger partial charge in [-0.15, -0.1) is 0 Å². The minimum atomic E-state index is -0.816. The quantitative estimate of drug-likeness (QED) is 0.273. The fourth-order valence-corrected chi connectivity index (χ4v) is 4.11. The fraction of sp³-hybridized carbons (Fsp3) is 0.429. The monoisotopic (exact) mass is 496 g/mol. The van der Waals surface area contributed by atoms with Crippen molar-refractivity contribution in [3.63, 3.8) is 0 Å². The van der Waals surface area contributed by atoms with Gasteiger partial charge in [0.15, 0.2) is 11.5 Å². The Morgan fingerprint density at radius 1 is 1.08 bits per heavy atom. The SMILES string of the molecule is CCOc1cc(C2/C(=C(/O)c3ccc(OCC(C)C)cc3)C(=O)C(=O)N2CCCN(C)C)ccc1O. The van der Waals surface area contributed by atoms with Gasteiger partial charge < -0.3 is 29.5 Å². The molecule has 1 atom stereocenters. The van der Waals surface area contributed by atoms with Crippen molar-refractivity contribution < 1.29 is 29.3 Å². The standard InChI is InChI=1S/C28H36N2O6/c1-6-35-23-16-20(10-13-22(23)31)25-24(27(33)28(34)30(25)15-7-14-29(4)5)26(32)19-8-11-21(12-9-19)36-17-18(2)3/h8-13,16,18,25,31-32H,6-7,14-15,17H2,1-5H3/b26-24-. The average Bonchev–Trinajstić information content (AvgIpc) is 3.09. The minimum absolute atomic E-state index is 0.00819. The van der Waals surface area contributed by atoms with Crippen LogP contribution in [0.4, 0.5) is 0 Å². The van der Waals surface area contributed by atoms with Crippen LogP contribution in [-0.2, 0) is 9.59 Å². The van der Waals surface area contributed by atoms with Gasteiger partial charge in [0.1, 0.15) is 11.5 Å². The van der Waals surface area contributed by atoms with Crippen molar-refractivity contribution in [2.24, 2.45) is 5.92 Å². The minimum Gasteiger partial charge on any atom is -0.507 e. The molecule has 1 heterocycles. The van der Waals surface area contributed by atoms with Crippen molar-refractivity contribution in [3.8, 4) is 17.2 Å². The lowest BCUT2D eigenvalue weighted by Gasteiger charge is -2.26. The van der Waals surface area contributed by atoms with E-state index in [9.17, 15) is 19.8 Å². The zero-order chi connectivity index (χ0) is 26.4. The van der Waals surface area contributed by atoms with Gasteiger partial charge in [0.25, 0.3) is 11.7 Å². The lowest BCUT2D eigenvalue weighted by Crippen LogP contribution is -2.32. The van der Waals surface area contributed by atoms with Gasteiger partial charge in [-0.25, -0.2) is 0 Å². The highest BCUT2D eigenvalue weighted by Gasteiger charge is 2.46. The molecule has 2 aromatic rings. The molecule has 1 aliphatic heterocycles. The van der Waals surface area contributed by atoms with E-state index in [4.69, 9.17) is 9.47 Å². The van der Waals surface area contributed by atoms with Crippen LogP contribution in [0.15, 0.2) is 48.0 Å². The molecule has 0 aliphatic carbocycles. The van der Waals surface area contributed by atoms with Crippen LogP contribution in [0, 0.1) is 5.92 Å². The molecule has 1 saturated heterocycles. The fourth-order valence-electron chi connectivity index (χ4n) is 4.11. The Kier molecular flexibility index (Phi) is 8.98. The van der Waals surface area contributed by atoms with Gasteiger partial charge in [0, 0.05) is 12.1 Å². The van der Waals surface area contributed by atoms with Crippen LogP contribution in [0.1, 0.15) is 44.4 Å². The van der Waals surface area contributed by atoms with E-state index < -0.39 is 17.7 Å². The van der Waals surface area contributed by atoms with E-state index in [-0.39, 0.29) is 22.8 Å². The summed E-state index contributed by atoms with van der Waals surface area (Å²) in [5.41, 5.74) is 0.986. The first kappa shape index (κ1) is 27.1. The maximum Gasteiger partial charge on any atom is 0.295 e. The maximum absolute atomic E-state index is 13.2. The van der Waals surface area contributed by atoms with Crippen LogP contribution in [0.5, 0.6) is 17.2 Å². The van der Waals surface area contributed by atoms with Crippen LogP contribution in [0.25, 0.3) is 5.76 Å². The van der Waals surface area contributed by atoms with Gasteiger partial charge in [0.05, 0.1) is 24.8 Å². The molecule has 0 spiro atoms. The third-order valence-electron chi connectivity index (χ3n) is 5.85. The van der Waals surface area contributed by atoms with Crippen LogP contribution < -0.4 is 9.47 Å².